The first-order valence-electron chi connectivity index (χ1n) is 8.16. The van der Waals surface area contributed by atoms with Crippen molar-refractivity contribution in [3.8, 4) is 11.5 Å². The Hall–Kier alpha value is -2.30. The first-order valence-corrected chi connectivity index (χ1v) is 8.16. The summed E-state index contributed by atoms with van der Waals surface area (Å²) in [5.41, 5.74) is 0.919. The Morgan fingerprint density at radius 2 is 1.79 bits per heavy atom. The minimum absolute atomic E-state index is 0.0418. The molecule has 3 atom stereocenters. The maximum Gasteiger partial charge on any atom is 0.162 e. The van der Waals surface area contributed by atoms with Crippen LogP contribution in [0, 0.1) is 29.5 Å². The number of hydrogen-bond acceptors (Lipinski definition) is 3. The lowest BCUT2D eigenvalue weighted by Gasteiger charge is -2.21. The number of rotatable bonds is 3. The van der Waals surface area contributed by atoms with Crippen LogP contribution in [0.3, 0.4) is 0 Å². The normalized spacial score (nSPS) is 25.8. The fourth-order valence-electron chi connectivity index (χ4n) is 3.90. The van der Waals surface area contributed by atoms with Crippen molar-refractivity contribution in [3.63, 3.8) is 0 Å². The van der Waals surface area contributed by atoms with E-state index in [1.165, 1.54) is 6.07 Å². The van der Waals surface area contributed by atoms with E-state index in [9.17, 15) is 13.9 Å². The molecule has 1 N–H and O–H groups in total. The molecule has 1 saturated heterocycles. The number of ether oxygens (including phenoxy) is 1. The topological polar surface area (TPSA) is 32.7 Å². The Morgan fingerprint density at radius 3 is 2.46 bits per heavy atom. The lowest BCUT2D eigenvalue weighted by atomic mass is 10.0. The first kappa shape index (κ1) is 15.2. The first-order chi connectivity index (χ1) is 11.6. The molecule has 2 fully saturated rings. The second-order valence-electron chi connectivity index (χ2n) is 6.64. The number of phenolic OH excluding ortho intramolecular Hbond substituents is 1. The predicted octanol–water partition coefficient (Wildman–Crippen LogP) is 3.76. The molecule has 3 nitrogen and oxygen atoms in total. The summed E-state index contributed by atoms with van der Waals surface area (Å²) in [5, 5.41) is 9.60. The minimum Gasteiger partial charge on any atom is -0.508 e. The summed E-state index contributed by atoms with van der Waals surface area (Å²) in [4.78, 5) is 2.24. The van der Waals surface area contributed by atoms with Gasteiger partial charge in [-0.2, -0.15) is 0 Å². The summed E-state index contributed by atoms with van der Waals surface area (Å²) in [5.74, 6) is -0.0792. The Morgan fingerprint density at radius 1 is 1.04 bits per heavy atom. The molecule has 0 aromatic heterocycles. The van der Waals surface area contributed by atoms with Crippen molar-refractivity contribution < 1.29 is 18.6 Å². The fourth-order valence-corrected chi connectivity index (χ4v) is 3.90. The maximum absolute atomic E-state index is 13.3. The van der Waals surface area contributed by atoms with Crippen molar-refractivity contribution in [1.82, 2.24) is 0 Å². The monoisotopic (exact) mass is 330 g/mol. The molecule has 1 radical (unpaired) electrons. The number of aromatic hydroxyl groups is 1. The quantitative estimate of drug-likeness (QED) is 0.930. The Labute approximate surface area is 139 Å². The number of halogens is 2. The van der Waals surface area contributed by atoms with Gasteiger partial charge in [0.1, 0.15) is 11.5 Å². The smallest absolute Gasteiger partial charge is 0.162 e. The van der Waals surface area contributed by atoms with Gasteiger partial charge in [0.25, 0.3) is 0 Å². The molecule has 1 saturated carbocycles. The van der Waals surface area contributed by atoms with Crippen molar-refractivity contribution in [1.29, 1.82) is 0 Å². The van der Waals surface area contributed by atoms with Gasteiger partial charge >= 0.3 is 0 Å². The number of benzene rings is 2. The Balaban J connectivity index is 1.38. The minimum atomic E-state index is -0.878. The van der Waals surface area contributed by atoms with Gasteiger partial charge in [-0.25, -0.2) is 8.78 Å². The van der Waals surface area contributed by atoms with Crippen LogP contribution in [-0.2, 0) is 0 Å². The highest BCUT2D eigenvalue weighted by Crippen LogP contribution is 2.41. The van der Waals surface area contributed by atoms with E-state index >= 15 is 0 Å². The zero-order valence-corrected chi connectivity index (χ0v) is 13.1. The highest BCUT2D eigenvalue weighted by molar-refractivity contribution is 5.50. The molecule has 0 amide bonds. The van der Waals surface area contributed by atoms with Crippen molar-refractivity contribution in [2.75, 3.05) is 18.0 Å². The molecule has 0 bridgehead atoms. The van der Waals surface area contributed by atoms with E-state index in [2.05, 4.69) is 11.0 Å². The van der Waals surface area contributed by atoms with Gasteiger partial charge in [-0.05, 0) is 48.9 Å². The van der Waals surface area contributed by atoms with Crippen LogP contribution in [0.4, 0.5) is 14.5 Å². The average Bonchev–Trinajstić information content (AvgIpc) is 3.09. The number of phenols is 1. The molecule has 4 rings (SSSR count). The van der Waals surface area contributed by atoms with Crippen LogP contribution < -0.4 is 9.64 Å². The van der Waals surface area contributed by atoms with Crippen LogP contribution in [-0.4, -0.2) is 24.3 Å². The van der Waals surface area contributed by atoms with E-state index in [4.69, 9.17) is 4.74 Å². The van der Waals surface area contributed by atoms with Gasteiger partial charge < -0.3 is 14.7 Å². The lowest BCUT2D eigenvalue weighted by molar-refractivity contribution is 0.199. The largest absolute Gasteiger partial charge is 0.508 e. The molecule has 2 aliphatic rings. The van der Waals surface area contributed by atoms with E-state index in [1.807, 2.05) is 0 Å². The van der Waals surface area contributed by atoms with Crippen LogP contribution in [0.25, 0.3) is 0 Å². The van der Waals surface area contributed by atoms with E-state index in [0.717, 1.165) is 43.8 Å². The molecule has 2 aromatic rings. The summed E-state index contributed by atoms with van der Waals surface area (Å²) < 4.78 is 32.1. The highest BCUT2D eigenvalue weighted by Gasteiger charge is 2.42. The number of anilines is 1. The highest BCUT2D eigenvalue weighted by atomic mass is 19.2. The molecular formula is C19H18F2NO2. The van der Waals surface area contributed by atoms with Crippen LogP contribution in [0.2, 0.25) is 0 Å². The van der Waals surface area contributed by atoms with Crippen LogP contribution in [0.5, 0.6) is 11.5 Å². The SMILES string of the molecule is Oc1cc[c]c(N2C[C@H]3CC(Oc4ccc(F)c(F)c4)C[C@H]3C2)c1. The third-order valence-electron chi connectivity index (χ3n) is 5.01. The molecule has 1 unspecified atom stereocenters. The number of nitrogens with zero attached hydrogens (tertiary/aromatic N) is 1. The second-order valence-corrected chi connectivity index (χ2v) is 6.64. The van der Waals surface area contributed by atoms with Crippen molar-refractivity contribution in [2.45, 2.75) is 18.9 Å². The predicted molar refractivity (Wildman–Crippen MR) is 86.1 cm³/mol. The standard InChI is InChI=1S/C19H18F2NO2/c20-18-5-4-16(9-19(18)21)24-17-6-12-10-22(11-13(12)7-17)14-2-1-3-15(23)8-14/h1,3-5,8-9,12-13,17,23H,6-7,10-11H2/t12-,13+,17?. The molecule has 1 aliphatic heterocycles. The van der Waals surface area contributed by atoms with Gasteiger partial charge in [0.05, 0.1) is 6.10 Å². The molecule has 5 heteroatoms. The van der Waals surface area contributed by atoms with Gasteiger partial charge in [-0.15, -0.1) is 0 Å². The summed E-state index contributed by atoms with van der Waals surface area (Å²) in [6, 6.07) is 11.9. The van der Waals surface area contributed by atoms with Gasteiger partial charge in [0, 0.05) is 37.0 Å². The van der Waals surface area contributed by atoms with Crippen molar-refractivity contribution in [2.24, 2.45) is 11.8 Å². The summed E-state index contributed by atoms with van der Waals surface area (Å²) in [6.45, 7) is 1.81. The molecule has 2 aromatic carbocycles. The zero-order valence-electron chi connectivity index (χ0n) is 13.1. The molecular weight excluding hydrogens is 312 g/mol. The van der Waals surface area contributed by atoms with Crippen molar-refractivity contribution >= 4 is 5.69 Å². The fraction of sp³-hybridized carbons (Fsp3) is 0.368. The van der Waals surface area contributed by atoms with Gasteiger partial charge in [-0.1, -0.05) is 0 Å². The van der Waals surface area contributed by atoms with Gasteiger partial charge in [0.2, 0.25) is 0 Å². The van der Waals surface area contributed by atoms with E-state index in [1.54, 1.807) is 18.2 Å². The third kappa shape index (κ3) is 2.90. The summed E-state index contributed by atoms with van der Waals surface area (Å²) in [7, 11) is 0. The average molecular weight is 330 g/mol. The number of fused-ring (bicyclic) bond motifs is 1. The van der Waals surface area contributed by atoms with Crippen LogP contribution in [0.1, 0.15) is 12.8 Å². The van der Waals surface area contributed by atoms with Crippen molar-refractivity contribution in [3.05, 3.63) is 54.1 Å². The van der Waals surface area contributed by atoms with Crippen LogP contribution >= 0.6 is 0 Å². The molecule has 0 spiro atoms. The maximum atomic E-state index is 13.3. The molecule has 125 valence electrons. The molecule has 1 heterocycles. The number of hydrogen-bond donors (Lipinski definition) is 1. The van der Waals surface area contributed by atoms with E-state index < -0.39 is 11.6 Å². The lowest BCUT2D eigenvalue weighted by Crippen LogP contribution is -2.24. The Bertz CT molecular complexity index is 738. The van der Waals surface area contributed by atoms with E-state index in [-0.39, 0.29) is 11.9 Å². The zero-order chi connectivity index (χ0) is 16.7. The molecule has 24 heavy (non-hydrogen) atoms. The van der Waals surface area contributed by atoms with Crippen LogP contribution in [0.15, 0.2) is 36.4 Å². The summed E-state index contributed by atoms with van der Waals surface area (Å²) in [6.07, 6.45) is 1.85. The Kier molecular flexibility index (Phi) is 3.79. The molecule has 1 aliphatic carbocycles. The summed E-state index contributed by atoms with van der Waals surface area (Å²) >= 11 is 0. The van der Waals surface area contributed by atoms with E-state index in [0.29, 0.717) is 17.6 Å². The third-order valence-corrected chi connectivity index (χ3v) is 5.01. The van der Waals surface area contributed by atoms with Gasteiger partial charge in [0.15, 0.2) is 11.6 Å². The van der Waals surface area contributed by atoms with Gasteiger partial charge in [-0.3, -0.25) is 0 Å². The second kappa shape index (κ2) is 5.96.